The highest BCUT2D eigenvalue weighted by Gasteiger charge is 2.36. The lowest BCUT2D eigenvalue weighted by Gasteiger charge is -2.24. The highest BCUT2D eigenvalue weighted by Crippen LogP contribution is 2.15. The molecule has 7 nitrogen and oxygen atoms in total. The molecule has 0 aromatic heterocycles. The first kappa shape index (κ1) is 18.4. The van der Waals surface area contributed by atoms with Crippen molar-refractivity contribution in [3.05, 3.63) is 35.9 Å². The van der Waals surface area contributed by atoms with Gasteiger partial charge in [0.05, 0.1) is 25.3 Å². The van der Waals surface area contributed by atoms with Crippen molar-refractivity contribution in [2.24, 2.45) is 0 Å². The van der Waals surface area contributed by atoms with Gasteiger partial charge >= 0.3 is 5.97 Å². The molecular weight excluding hydrogens is 312 g/mol. The van der Waals surface area contributed by atoms with Gasteiger partial charge in [-0.15, -0.1) is 0 Å². The van der Waals surface area contributed by atoms with E-state index < -0.39 is 12.1 Å². The smallest absolute Gasteiger partial charge is 0.317 e. The first-order chi connectivity index (χ1) is 11.5. The van der Waals surface area contributed by atoms with Gasteiger partial charge in [0, 0.05) is 13.1 Å². The molecule has 0 saturated carbocycles. The minimum atomic E-state index is -0.960. The van der Waals surface area contributed by atoms with E-state index in [1.165, 1.54) is 4.90 Å². The van der Waals surface area contributed by atoms with E-state index in [0.717, 1.165) is 12.0 Å². The van der Waals surface area contributed by atoms with Gasteiger partial charge < -0.3 is 19.8 Å². The molecule has 1 heterocycles. The van der Waals surface area contributed by atoms with Crippen molar-refractivity contribution in [3.8, 4) is 0 Å². The molecule has 0 spiro atoms. The van der Waals surface area contributed by atoms with Crippen LogP contribution >= 0.6 is 0 Å². The normalized spacial score (nSPS) is 20.5. The van der Waals surface area contributed by atoms with Crippen molar-refractivity contribution in [2.45, 2.75) is 18.6 Å². The summed E-state index contributed by atoms with van der Waals surface area (Å²) in [6.07, 6.45) is -0.0108. The summed E-state index contributed by atoms with van der Waals surface area (Å²) in [7, 11) is 1.63. The zero-order chi connectivity index (χ0) is 17.5. The second-order valence-electron chi connectivity index (χ2n) is 6.03. The quantitative estimate of drug-likeness (QED) is 0.641. The van der Waals surface area contributed by atoms with Crippen LogP contribution in [0.2, 0.25) is 0 Å². The van der Waals surface area contributed by atoms with Crippen LogP contribution in [0.1, 0.15) is 5.56 Å². The summed E-state index contributed by atoms with van der Waals surface area (Å²) in [5.41, 5.74) is 1.15. The highest BCUT2D eigenvalue weighted by molar-refractivity contribution is 5.78. The van der Waals surface area contributed by atoms with E-state index in [1.54, 1.807) is 11.9 Å². The average molecular weight is 336 g/mol. The molecule has 132 valence electrons. The fraction of sp³-hybridized carbons (Fsp3) is 0.529. The van der Waals surface area contributed by atoms with Gasteiger partial charge in [0.1, 0.15) is 6.61 Å². The Kier molecular flexibility index (Phi) is 6.72. The number of aliphatic carboxylic acids is 1. The molecular formula is C17H24N2O5. The molecule has 1 aromatic rings. The number of hydrogen-bond donors (Lipinski definition) is 2. The number of nitrogens with zero attached hydrogens (tertiary/aromatic N) is 2. The van der Waals surface area contributed by atoms with Crippen molar-refractivity contribution in [2.75, 3.05) is 39.9 Å². The van der Waals surface area contributed by atoms with Crippen molar-refractivity contribution >= 4 is 11.9 Å². The van der Waals surface area contributed by atoms with Gasteiger partial charge in [-0.05, 0) is 19.0 Å². The first-order valence-corrected chi connectivity index (χ1v) is 7.97. The topological polar surface area (TPSA) is 90.3 Å². The van der Waals surface area contributed by atoms with Gasteiger partial charge in [-0.1, -0.05) is 30.3 Å². The maximum atomic E-state index is 12.1. The Morgan fingerprint density at radius 2 is 2.00 bits per heavy atom. The Bertz CT molecular complexity index is 551. The van der Waals surface area contributed by atoms with Crippen LogP contribution in [0.3, 0.4) is 0 Å². The number of rotatable bonds is 8. The predicted molar refractivity (Wildman–Crippen MR) is 87.6 cm³/mol. The summed E-state index contributed by atoms with van der Waals surface area (Å²) in [6, 6.07) is 9.51. The van der Waals surface area contributed by atoms with Crippen LogP contribution in [0.5, 0.6) is 0 Å². The first-order valence-electron chi connectivity index (χ1n) is 7.97. The van der Waals surface area contributed by atoms with Gasteiger partial charge in [0.25, 0.3) is 0 Å². The number of benzene rings is 1. The van der Waals surface area contributed by atoms with Crippen molar-refractivity contribution in [1.82, 2.24) is 9.80 Å². The SMILES string of the molecule is CN(CC(=O)O)C1CN(C(=O)COCCc2ccccc2)C[C@H]1O. The van der Waals surface area contributed by atoms with Crippen LogP contribution in [0, 0.1) is 0 Å². The lowest BCUT2D eigenvalue weighted by molar-refractivity contribution is -0.138. The maximum Gasteiger partial charge on any atom is 0.317 e. The van der Waals surface area contributed by atoms with Crippen molar-refractivity contribution in [3.63, 3.8) is 0 Å². The van der Waals surface area contributed by atoms with E-state index in [-0.39, 0.29) is 31.6 Å². The van der Waals surface area contributed by atoms with Gasteiger partial charge in [-0.25, -0.2) is 0 Å². The number of likely N-dealkylation sites (N-methyl/N-ethyl adjacent to an activating group) is 1. The zero-order valence-corrected chi connectivity index (χ0v) is 13.8. The predicted octanol–water partition coefficient (Wildman–Crippen LogP) is -0.166. The number of aliphatic hydroxyl groups is 1. The molecule has 1 amide bonds. The van der Waals surface area contributed by atoms with Crippen LogP contribution < -0.4 is 0 Å². The second kappa shape index (κ2) is 8.77. The monoisotopic (exact) mass is 336 g/mol. The van der Waals surface area contributed by atoms with Crippen molar-refractivity contribution in [1.29, 1.82) is 0 Å². The highest BCUT2D eigenvalue weighted by atomic mass is 16.5. The van der Waals surface area contributed by atoms with E-state index in [1.807, 2.05) is 30.3 Å². The summed E-state index contributed by atoms with van der Waals surface area (Å²) < 4.78 is 5.43. The zero-order valence-electron chi connectivity index (χ0n) is 13.8. The summed E-state index contributed by atoms with van der Waals surface area (Å²) >= 11 is 0. The van der Waals surface area contributed by atoms with Crippen LogP contribution in [0.4, 0.5) is 0 Å². The molecule has 1 aromatic carbocycles. The number of hydrogen-bond acceptors (Lipinski definition) is 5. The van der Waals surface area contributed by atoms with Gasteiger partial charge in [0.15, 0.2) is 0 Å². The minimum absolute atomic E-state index is 0.0328. The van der Waals surface area contributed by atoms with Crippen LogP contribution in [0.25, 0.3) is 0 Å². The average Bonchev–Trinajstić information content (AvgIpc) is 2.94. The van der Waals surface area contributed by atoms with Crippen LogP contribution in [0.15, 0.2) is 30.3 Å². The lowest BCUT2D eigenvalue weighted by atomic mass is 10.2. The summed E-state index contributed by atoms with van der Waals surface area (Å²) in [5, 5.41) is 18.9. The number of carboxylic acid groups (broad SMARTS) is 1. The number of amides is 1. The fourth-order valence-electron chi connectivity index (χ4n) is 2.82. The molecule has 1 aliphatic rings. The molecule has 7 heteroatoms. The summed E-state index contributed by atoms with van der Waals surface area (Å²) in [4.78, 5) is 26.0. The van der Waals surface area contributed by atoms with E-state index >= 15 is 0 Å². The van der Waals surface area contributed by atoms with E-state index in [9.17, 15) is 14.7 Å². The Hall–Kier alpha value is -1.96. The van der Waals surface area contributed by atoms with Gasteiger partial charge in [-0.2, -0.15) is 0 Å². The van der Waals surface area contributed by atoms with Crippen LogP contribution in [-0.4, -0.2) is 83.9 Å². The Balaban J connectivity index is 1.72. The Morgan fingerprint density at radius 1 is 1.29 bits per heavy atom. The number of β-amino-alcohol motifs (C(OH)–C–C–N with tert-alkyl or cyclic N) is 1. The Labute approximate surface area is 141 Å². The molecule has 2 atom stereocenters. The number of ether oxygens (including phenoxy) is 1. The lowest BCUT2D eigenvalue weighted by Crippen LogP contribution is -2.43. The fourth-order valence-corrected chi connectivity index (χ4v) is 2.82. The molecule has 24 heavy (non-hydrogen) atoms. The summed E-state index contributed by atoms with van der Waals surface area (Å²) in [6.45, 7) is 0.766. The van der Waals surface area contributed by atoms with Gasteiger partial charge in [0.2, 0.25) is 5.91 Å². The summed E-state index contributed by atoms with van der Waals surface area (Å²) in [5.74, 6) is -1.15. The number of likely N-dealkylation sites (tertiary alicyclic amines) is 1. The molecule has 1 unspecified atom stereocenters. The molecule has 0 radical (unpaired) electrons. The number of carbonyl (C=O) groups is 2. The molecule has 0 bridgehead atoms. The molecule has 2 rings (SSSR count). The Morgan fingerprint density at radius 3 is 2.67 bits per heavy atom. The van der Waals surface area contributed by atoms with E-state index in [0.29, 0.717) is 13.2 Å². The third-order valence-corrected chi connectivity index (χ3v) is 4.17. The number of carbonyl (C=O) groups excluding carboxylic acids is 1. The van der Waals surface area contributed by atoms with Crippen LogP contribution in [-0.2, 0) is 20.7 Å². The molecule has 2 N–H and O–H groups in total. The molecule has 1 aliphatic heterocycles. The largest absolute Gasteiger partial charge is 0.480 e. The third kappa shape index (κ3) is 5.30. The standard InChI is InChI=1S/C17H24N2O5/c1-18(11-17(22)23)14-9-19(10-15(14)20)16(21)12-24-8-7-13-5-3-2-4-6-13/h2-6,14-15,20H,7-12H2,1H3,(H,22,23)/t14?,15-/m1/s1. The van der Waals surface area contributed by atoms with E-state index in [4.69, 9.17) is 9.84 Å². The molecule has 1 saturated heterocycles. The molecule has 1 fully saturated rings. The third-order valence-electron chi connectivity index (χ3n) is 4.17. The maximum absolute atomic E-state index is 12.1. The number of carboxylic acids is 1. The van der Waals surface area contributed by atoms with Crippen molar-refractivity contribution < 1.29 is 24.5 Å². The second-order valence-corrected chi connectivity index (χ2v) is 6.03. The van der Waals surface area contributed by atoms with Gasteiger partial charge in [-0.3, -0.25) is 14.5 Å². The van der Waals surface area contributed by atoms with E-state index in [2.05, 4.69) is 0 Å². The minimum Gasteiger partial charge on any atom is -0.480 e. The molecule has 0 aliphatic carbocycles. The number of aliphatic hydroxyl groups excluding tert-OH is 1.